The lowest BCUT2D eigenvalue weighted by atomic mass is 9.93. The van der Waals surface area contributed by atoms with Crippen molar-refractivity contribution >= 4 is 11.5 Å². The lowest BCUT2D eigenvalue weighted by Gasteiger charge is -2.32. The van der Waals surface area contributed by atoms with E-state index in [0.717, 1.165) is 47.8 Å². The molecule has 1 atom stereocenters. The monoisotopic (exact) mass is 376 g/mol. The molecule has 1 fully saturated rings. The lowest BCUT2D eigenvalue weighted by molar-refractivity contribution is 0.198. The Labute approximate surface area is 153 Å². The van der Waals surface area contributed by atoms with Crippen LogP contribution in [0.25, 0.3) is 10.6 Å². The highest BCUT2D eigenvalue weighted by molar-refractivity contribution is 7.09. The van der Waals surface area contributed by atoms with Crippen LogP contribution < -0.4 is 0 Å². The van der Waals surface area contributed by atoms with E-state index in [2.05, 4.69) is 19.6 Å². The molecule has 1 aliphatic heterocycles. The maximum Gasteiger partial charge on any atom is 0.180 e. The van der Waals surface area contributed by atoms with Crippen molar-refractivity contribution in [3.8, 4) is 10.6 Å². The molecule has 0 spiro atoms. The van der Waals surface area contributed by atoms with Crippen LogP contribution in [0.2, 0.25) is 0 Å². The molecule has 26 heavy (non-hydrogen) atoms. The summed E-state index contributed by atoms with van der Waals surface area (Å²) in [5.74, 6) is -0.688. The first kappa shape index (κ1) is 17.2. The number of halogens is 2. The van der Waals surface area contributed by atoms with Gasteiger partial charge in [-0.3, -0.25) is 4.90 Å². The standard InChI is InChI=1S/C18H18F2N4OS/c1-11-7-16(25-22-11)18-17(21-23-26-18)13-3-2-6-24(10-13)9-12-4-5-14(19)15(20)8-12/h4-5,7-8,13H,2-3,6,9-10H2,1H3/t13-/m1/s1. The average Bonchev–Trinajstić information content (AvgIpc) is 3.27. The molecule has 0 amide bonds. The van der Waals surface area contributed by atoms with Gasteiger partial charge in [0.2, 0.25) is 0 Å². The number of benzene rings is 1. The van der Waals surface area contributed by atoms with Crippen LogP contribution in [0, 0.1) is 18.6 Å². The van der Waals surface area contributed by atoms with E-state index < -0.39 is 11.6 Å². The summed E-state index contributed by atoms with van der Waals surface area (Å²) >= 11 is 1.31. The van der Waals surface area contributed by atoms with Crippen LogP contribution in [-0.4, -0.2) is 32.7 Å². The van der Waals surface area contributed by atoms with E-state index in [1.807, 2.05) is 13.0 Å². The summed E-state index contributed by atoms with van der Waals surface area (Å²) in [6, 6.07) is 5.97. The molecule has 8 heteroatoms. The van der Waals surface area contributed by atoms with Crippen molar-refractivity contribution in [2.24, 2.45) is 0 Å². The second-order valence-corrected chi connectivity index (χ2v) is 7.40. The summed E-state index contributed by atoms with van der Waals surface area (Å²) < 4.78 is 36.0. The van der Waals surface area contributed by atoms with Gasteiger partial charge in [-0.1, -0.05) is 15.7 Å². The Balaban J connectivity index is 1.51. The highest BCUT2D eigenvalue weighted by atomic mass is 32.1. The predicted octanol–water partition coefficient (Wildman–Crippen LogP) is 4.16. The highest BCUT2D eigenvalue weighted by Gasteiger charge is 2.28. The van der Waals surface area contributed by atoms with Gasteiger partial charge in [-0.25, -0.2) is 8.78 Å². The van der Waals surface area contributed by atoms with Gasteiger partial charge in [0.15, 0.2) is 17.4 Å². The maximum absolute atomic E-state index is 13.4. The third kappa shape index (κ3) is 3.52. The van der Waals surface area contributed by atoms with Crippen LogP contribution in [-0.2, 0) is 6.54 Å². The first-order valence-corrected chi connectivity index (χ1v) is 9.29. The number of nitrogens with zero attached hydrogens (tertiary/aromatic N) is 4. The molecule has 1 aromatic carbocycles. The third-order valence-corrected chi connectivity index (χ3v) is 5.40. The quantitative estimate of drug-likeness (QED) is 0.684. The Morgan fingerprint density at radius 2 is 2.15 bits per heavy atom. The second-order valence-electron chi connectivity index (χ2n) is 6.64. The Morgan fingerprint density at radius 3 is 2.92 bits per heavy atom. The summed E-state index contributed by atoms with van der Waals surface area (Å²) in [4.78, 5) is 3.17. The number of hydrogen-bond donors (Lipinski definition) is 0. The Kier molecular flexibility index (Phi) is 4.78. The molecule has 0 unspecified atom stereocenters. The van der Waals surface area contributed by atoms with Crippen molar-refractivity contribution in [3.05, 3.63) is 52.9 Å². The van der Waals surface area contributed by atoms with Crippen LogP contribution in [0.5, 0.6) is 0 Å². The molecule has 4 rings (SSSR count). The molecule has 2 aromatic heterocycles. The fraction of sp³-hybridized carbons (Fsp3) is 0.389. The van der Waals surface area contributed by atoms with E-state index in [4.69, 9.17) is 4.52 Å². The minimum absolute atomic E-state index is 0.230. The van der Waals surface area contributed by atoms with Gasteiger partial charge < -0.3 is 4.52 Å². The van der Waals surface area contributed by atoms with Crippen molar-refractivity contribution in [2.45, 2.75) is 32.2 Å². The zero-order valence-electron chi connectivity index (χ0n) is 14.3. The van der Waals surface area contributed by atoms with Crippen molar-refractivity contribution in [1.82, 2.24) is 19.6 Å². The van der Waals surface area contributed by atoms with E-state index >= 15 is 0 Å². The smallest absolute Gasteiger partial charge is 0.180 e. The van der Waals surface area contributed by atoms with Crippen molar-refractivity contribution in [1.29, 1.82) is 0 Å². The SMILES string of the molecule is Cc1cc(-c2snnc2[C@@H]2CCCN(Cc3ccc(F)c(F)c3)C2)on1. The molecule has 1 saturated heterocycles. The van der Waals surface area contributed by atoms with Gasteiger partial charge in [0.05, 0.1) is 11.4 Å². The maximum atomic E-state index is 13.4. The zero-order valence-corrected chi connectivity index (χ0v) is 15.1. The van der Waals surface area contributed by atoms with Crippen molar-refractivity contribution < 1.29 is 13.3 Å². The Morgan fingerprint density at radius 1 is 1.27 bits per heavy atom. The third-order valence-electron chi connectivity index (χ3n) is 4.65. The molecule has 0 N–H and O–H groups in total. The minimum atomic E-state index is -0.814. The van der Waals surface area contributed by atoms with E-state index in [1.165, 1.54) is 23.7 Å². The van der Waals surface area contributed by atoms with Gasteiger partial charge in [-0.05, 0) is 55.5 Å². The topological polar surface area (TPSA) is 55.1 Å². The molecule has 3 aromatic rings. The van der Waals surface area contributed by atoms with Crippen molar-refractivity contribution in [3.63, 3.8) is 0 Å². The van der Waals surface area contributed by atoms with E-state index in [9.17, 15) is 8.78 Å². The Bertz CT molecular complexity index is 910. The molecule has 0 radical (unpaired) electrons. The van der Waals surface area contributed by atoms with Gasteiger partial charge in [-0.2, -0.15) is 0 Å². The normalized spacial score (nSPS) is 18.3. The predicted molar refractivity (Wildman–Crippen MR) is 93.8 cm³/mol. The first-order chi connectivity index (χ1) is 12.6. The van der Waals surface area contributed by atoms with E-state index in [1.54, 1.807) is 6.07 Å². The molecular formula is C18H18F2N4OS. The number of likely N-dealkylation sites (tertiary alicyclic amines) is 1. The van der Waals surface area contributed by atoms with Gasteiger partial charge in [0.25, 0.3) is 0 Å². The van der Waals surface area contributed by atoms with Gasteiger partial charge in [-0.15, -0.1) is 5.10 Å². The average molecular weight is 376 g/mol. The van der Waals surface area contributed by atoms with Crippen LogP contribution in [0.1, 0.15) is 35.7 Å². The molecule has 0 bridgehead atoms. The molecule has 0 aliphatic carbocycles. The first-order valence-electron chi connectivity index (χ1n) is 8.52. The van der Waals surface area contributed by atoms with E-state index in [0.29, 0.717) is 12.3 Å². The largest absolute Gasteiger partial charge is 0.355 e. The summed E-state index contributed by atoms with van der Waals surface area (Å²) in [5, 5.41) is 8.28. The molecular weight excluding hydrogens is 358 g/mol. The van der Waals surface area contributed by atoms with Crippen LogP contribution >= 0.6 is 11.5 Å². The van der Waals surface area contributed by atoms with Gasteiger partial charge >= 0.3 is 0 Å². The molecule has 0 saturated carbocycles. The van der Waals surface area contributed by atoms with Crippen LogP contribution in [0.15, 0.2) is 28.8 Å². The zero-order chi connectivity index (χ0) is 18.1. The number of rotatable bonds is 4. The highest BCUT2D eigenvalue weighted by Crippen LogP contribution is 2.35. The number of aryl methyl sites for hydroxylation is 1. The molecule has 5 nitrogen and oxygen atoms in total. The number of hydrogen-bond acceptors (Lipinski definition) is 6. The second kappa shape index (κ2) is 7.20. The number of aromatic nitrogens is 3. The number of piperidine rings is 1. The minimum Gasteiger partial charge on any atom is -0.355 e. The molecule has 3 heterocycles. The van der Waals surface area contributed by atoms with Gasteiger partial charge in [0.1, 0.15) is 4.88 Å². The summed E-state index contributed by atoms with van der Waals surface area (Å²) in [6.45, 7) is 4.18. The van der Waals surface area contributed by atoms with Crippen LogP contribution in [0.3, 0.4) is 0 Å². The van der Waals surface area contributed by atoms with E-state index in [-0.39, 0.29) is 5.92 Å². The van der Waals surface area contributed by atoms with Crippen LogP contribution in [0.4, 0.5) is 8.78 Å². The fourth-order valence-electron chi connectivity index (χ4n) is 3.42. The summed E-state index contributed by atoms with van der Waals surface area (Å²) in [7, 11) is 0. The molecule has 136 valence electrons. The fourth-order valence-corrected chi connectivity index (χ4v) is 4.12. The summed E-state index contributed by atoms with van der Waals surface area (Å²) in [6.07, 6.45) is 2.03. The summed E-state index contributed by atoms with van der Waals surface area (Å²) in [5.41, 5.74) is 2.52. The lowest BCUT2D eigenvalue weighted by Crippen LogP contribution is -2.34. The van der Waals surface area contributed by atoms with Crippen molar-refractivity contribution in [2.75, 3.05) is 13.1 Å². The van der Waals surface area contributed by atoms with Gasteiger partial charge in [0, 0.05) is 25.1 Å². The Hall–Kier alpha value is -2.19. The molecule has 1 aliphatic rings.